The van der Waals surface area contributed by atoms with Gasteiger partial charge in [0.15, 0.2) is 0 Å². The van der Waals surface area contributed by atoms with Gasteiger partial charge in [0.25, 0.3) is 5.91 Å². The lowest BCUT2D eigenvalue weighted by atomic mass is 10.1. The van der Waals surface area contributed by atoms with Crippen molar-refractivity contribution in [3.63, 3.8) is 0 Å². The van der Waals surface area contributed by atoms with Crippen LogP contribution in [0.1, 0.15) is 23.2 Å². The molecule has 1 amide bonds. The van der Waals surface area contributed by atoms with E-state index in [0.29, 0.717) is 28.9 Å². The topological polar surface area (TPSA) is 58.4 Å². The van der Waals surface area contributed by atoms with E-state index in [9.17, 15) is 4.79 Å². The monoisotopic (exact) mass is 267 g/mol. The number of hydrogen-bond acceptors (Lipinski definition) is 3. The summed E-state index contributed by atoms with van der Waals surface area (Å²) in [5.41, 5.74) is 6.68. The van der Waals surface area contributed by atoms with Crippen molar-refractivity contribution in [1.29, 1.82) is 0 Å². The molecule has 18 heavy (non-hydrogen) atoms. The predicted octanol–water partition coefficient (Wildman–Crippen LogP) is 1.75. The van der Waals surface area contributed by atoms with Crippen molar-refractivity contribution in [2.24, 2.45) is 0 Å². The fourth-order valence-electron chi connectivity index (χ4n) is 2.28. The lowest BCUT2D eigenvalue weighted by molar-refractivity contribution is 0.0944. The van der Waals surface area contributed by atoms with Crippen LogP contribution in [0.4, 0.5) is 5.69 Å². The Morgan fingerprint density at radius 2 is 2.39 bits per heavy atom. The fraction of sp³-hybridized carbons (Fsp3) is 0.462. The van der Waals surface area contributed by atoms with Crippen LogP contribution in [0.15, 0.2) is 18.2 Å². The molecule has 1 unspecified atom stereocenters. The van der Waals surface area contributed by atoms with Crippen molar-refractivity contribution in [3.8, 4) is 0 Å². The van der Waals surface area contributed by atoms with Crippen LogP contribution in [-0.4, -0.2) is 37.0 Å². The first kappa shape index (κ1) is 13.2. The molecule has 98 valence electrons. The average Bonchev–Trinajstić information content (AvgIpc) is 2.72. The number of hydrogen-bond donors (Lipinski definition) is 2. The Morgan fingerprint density at radius 1 is 1.61 bits per heavy atom. The zero-order valence-electron chi connectivity index (χ0n) is 10.4. The number of nitrogens with one attached hydrogen (secondary N) is 1. The smallest absolute Gasteiger partial charge is 0.253 e. The maximum Gasteiger partial charge on any atom is 0.253 e. The maximum atomic E-state index is 12.0. The van der Waals surface area contributed by atoms with Crippen molar-refractivity contribution in [2.45, 2.75) is 18.9 Å². The van der Waals surface area contributed by atoms with Gasteiger partial charge in [0, 0.05) is 23.3 Å². The molecule has 1 heterocycles. The molecule has 1 atom stereocenters. The predicted molar refractivity (Wildman–Crippen MR) is 73.8 cm³/mol. The zero-order chi connectivity index (χ0) is 13.1. The number of anilines is 1. The third kappa shape index (κ3) is 2.94. The number of carbonyl (C=O) groups excluding carboxylic acids is 1. The Morgan fingerprint density at radius 3 is 3.00 bits per heavy atom. The number of amides is 1. The number of rotatable bonds is 3. The molecule has 1 aromatic carbocycles. The summed E-state index contributed by atoms with van der Waals surface area (Å²) in [4.78, 5) is 14.3. The van der Waals surface area contributed by atoms with Crippen molar-refractivity contribution in [3.05, 3.63) is 28.8 Å². The summed E-state index contributed by atoms with van der Waals surface area (Å²) in [5.74, 6) is -0.135. The van der Waals surface area contributed by atoms with E-state index in [4.69, 9.17) is 17.3 Å². The first-order valence-corrected chi connectivity index (χ1v) is 6.49. The van der Waals surface area contributed by atoms with Crippen molar-refractivity contribution in [1.82, 2.24) is 10.2 Å². The molecule has 3 N–H and O–H groups in total. The molecule has 0 radical (unpaired) electrons. The van der Waals surface area contributed by atoms with Crippen molar-refractivity contribution in [2.75, 3.05) is 25.9 Å². The quantitative estimate of drug-likeness (QED) is 0.821. The van der Waals surface area contributed by atoms with E-state index >= 15 is 0 Å². The van der Waals surface area contributed by atoms with Gasteiger partial charge in [-0.2, -0.15) is 0 Å². The number of likely N-dealkylation sites (N-methyl/N-ethyl adjacent to an activating group) is 1. The summed E-state index contributed by atoms with van der Waals surface area (Å²) in [5, 5.41) is 3.47. The van der Waals surface area contributed by atoms with Crippen LogP contribution in [0.25, 0.3) is 0 Å². The molecule has 0 saturated carbocycles. The van der Waals surface area contributed by atoms with E-state index in [1.165, 1.54) is 6.42 Å². The van der Waals surface area contributed by atoms with E-state index in [0.717, 1.165) is 13.0 Å². The van der Waals surface area contributed by atoms with Crippen molar-refractivity contribution < 1.29 is 4.79 Å². The third-order valence-corrected chi connectivity index (χ3v) is 3.66. The van der Waals surface area contributed by atoms with Gasteiger partial charge in [0.2, 0.25) is 0 Å². The highest BCUT2D eigenvalue weighted by Crippen LogP contribution is 2.18. The second-order valence-corrected chi connectivity index (χ2v) is 5.15. The van der Waals surface area contributed by atoms with E-state index in [1.807, 2.05) is 0 Å². The minimum atomic E-state index is -0.135. The lowest BCUT2D eigenvalue weighted by Crippen LogP contribution is -2.38. The van der Waals surface area contributed by atoms with Crippen molar-refractivity contribution >= 4 is 23.2 Å². The van der Waals surface area contributed by atoms with Gasteiger partial charge in [0.05, 0.1) is 5.56 Å². The molecular weight excluding hydrogens is 250 g/mol. The van der Waals surface area contributed by atoms with Gasteiger partial charge in [-0.25, -0.2) is 0 Å². The van der Waals surface area contributed by atoms with Crippen LogP contribution in [0.2, 0.25) is 5.02 Å². The van der Waals surface area contributed by atoms with Gasteiger partial charge >= 0.3 is 0 Å². The fourth-order valence-corrected chi connectivity index (χ4v) is 2.46. The molecule has 1 aliphatic heterocycles. The summed E-state index contributed by atoms with van der Waals surface area (Å²) in [6.45, 7) is 1.76. The van der Waals surface area contributed by atoms with E-state index in [2.05, 4.69) is 17.3 Å². The molecular formula is C13H18ClN3O. The Labute approximate surface area is 112 Å². The largest absolute Gasteiger partial charge is 0.398 e. The van der Waals surface area contributed by atoms with E-state index < -0.39 is 0 Å². The van der Waals surface area contributed by atoms with Gasteiger partial charge in [-0.15, -0.1) is 0 Å². The molecule has 1 saturated heterocycles. The Hall–Kier alpha value is -1.26. The first-order valence-electron chi connectivity index (χ1n) is 6.11. The van der Waals surface area contributed by atoms with Gasteiger partial charge in [-0.1, -0.05) is 11.6 Å². The van der Waals surface area contributed by atoms with Crippen LogP contribution in [-0.2, 0) is 0 Å². The van der Waals surface area contributed by atoms with Gasteiger partial charge in [-0.3, -0.25) is 4.79 Å². The summed E-state index contributed by atoms with van der Waals surface area (Å²) >= 11 is 5.80. The first-order chi connectivity index (χ1) is 8.58. The standard InChI is InChI=1S/C13H18ClN3O/c1-17-6-2-3-10(17)8-16-13(18)11-5-4-9(14)7-12(11)15/h4-5,7,10H,2-3,6,8,15H2,1H3,(H,16,18). The SMILES string of the molecule is CN1CCCC1CNC(=O)c1ccc(Cl)cc1N. The van der Waals surface area contributed by atoms with E-state index in [-0.39, 0.29) is 5.91 Å². The molecule has 5 heteroatoms. The highest BCUT2D eigenvalue weighted by molar-refractivity contribution is 6.31. The molecule has 1 aromatic rings. The molecule has 4 nitrogen and oxygen atoms in total. The lowest BCUT2D eigenvalue weighted by Gasteiger charge is -2.19. The van der Waals surface area contributed by atoms with Gasteiger partial charge in [-0.05, 0) is 44.6 Å². The molecule has 0 bridgehead atoms. The summed E-state index contributed by atoms with van der Waals surface area (Å²) < 4.78 is 0. The highest BCUT2D eigenvalue weighted by atomic mass is 35.5. The van der Waals surface area contributed by atoms with Gasteiger partial charge < -0.3 is 16.0 Å². The minimum Gasteiger partial charge on any atom is -0.398 e. The maximum absolute atomic E-state index is 12.0. The van der Waals surface area contributed by atoms with Crippen LogP contribution < -0.4 is 11.1 Å². The van der Waals surface area contributed by atoms with Crippen LogP contribution >= 0.6 is 11.6 Å². The summed E-state index contributed by atoms with van der Waals surface area (Å²) in [6.07, 6.45) is 2.33. The second-order valence-electron chi connectivity index (χ2n) is 4.72. The minimum absolute atomic E-state index is 0.135. The molecule has 0 aliphatic carbocycles. The van der Waals surface area contributed by atoms with E-state index in [1.54, 1.807) is 18.2 Å². The normalized spacial score (nSPS) is 20.0. The average molecular weight is 268 g/mol. The molecule has 1 fully saturated rings. The Balaban J connectivity index is 1.95. The van der Waals surface area contributed by atoms with Crippen LogP contribution in [0, 0.1) is 0 Å². The Bertz CT molecular complexity index is 450. The molecule has 1 aliphatic rings. The Kier molecular flexibility index (Phi) is 4.09. The highest BCUT2D eigenvalue weighted by Gasteiger charge is 2.21. The number of halogens is 1. The number of nitrogens with zero attached hydrogens (tertiary/aromatic N) is 1. The molecule has 2 rings (SSSR count). The zero-order valence-corrected chi connectivity index (χ0v) is 11.2. The third-order valence-electron chi connectivity index (χ3n) is 3.43. The molecule has 0 aromatic heterocycles. The van der Waals surface area contributed by atoms with Crippen LogP contribution in [0.3, 0.4) is 0 Å². The number of nitrogen functional groups attached to an aromatic ring is 1. The summed E-state index contributed by atoms with van der Waals surface area (Å²) in [6, 6.07) is 5.36. The number of likely N-dealkylation sites (tertiary alicyclic amines) is 1. The number of carbonyl (C=O) groups is 1. The summed E-state index contributed by atoms with van der Waals surface area (Å²) in [7, 11) is 2.08. The number of nitrogens with two attached hydrogens (primary N) is 1. The number of benzene rings is 1. The van der Waals surface area contributed by atoms with Crippen LogP contribution in [0.5, 0.6) is 0 Å². The van der Waals surface area contributed by atoms with Gasteiger partial charge in [0.1, 0.15) is 0 Å². The second kappa shape index (κ2) is 5.59. The molecule has 0 spiro atoms.